The maximum absolute atomic E-state index is 4.87. The molecule has 0 spiro atoms. The molecule has 0 aromatic carbocycles. The first-order valence-corrected chi connectivity index (χ1v) is 13.8. The number of nitrogens with zero attached hydrogens (tertiary/aromatic N) is 5. The van der Waals surface area contributed by atoms with E-state index in [9.17, 15) is 0 Å². The molecule has 5 rings (SSSR count). The monoisotopic (exact) mass is 479 g/mol. The molecule has 1 aromatic rings. The van der Waals surface area contributed by atoms with Gasteiger partial charge in [-0.25, -0.2) is 15.0 Å². The summed E-state index contributed by atoms with van der Waals surface area (Å²) in [6.07, 6.45) is 25.6. The summed E-state index contributed by atoms with van der Waals surface area (Å²) in [6, 6.07) is 5.97. The van der Waals surface area contributed by atoms with Crippen molar-refractivity contribution in [3.05, 3.63) is 77.2 Å². The third-order valence-electron chi connectivity index (χ3n) is 7.10. The van der Waals surface area contributed by atoms with Crippen LogP contribution in [0, 0.1) is 0 Å². The molecule has 2 aliphatic heterocycles. The number of unbranched alkanes of at least 4 members (excludes halogenated alkanes) is 6. The first-order valence-electron chi connectivity index (χ1n) is 13.8. The molecular weight excluding hydrogens is 442 g/mol. The van der Waals surface area contributed by atoms with Crippen LogP contribution in [0.5, 0.6) is 0 Å². The standard InChI is InChI=1S/C31H37N5/c1-3-5-7-9-12-22-16-18-24-28(20-22)35-30(33-24)26-14-11-15-27(32-26)31-34-25-19-17-23(21-29(25)36-31)13-10-8-6-4-2/h11,14-21,24-25H,3-10,12-13H2,1-2H3. The van der Waals surface area contributed by atoms with Crippen LogP contribution in [0.1, 0.15) is 89.4 Å². The molecule has 5 nitrogen and oxygen atoms in total. The highest BCUT2D eigenvalue weighted by molar-refractivity contribution is 6.19. The van der Waals surface area contributed by atoms with Gasteiger partial charge in [0.15, 0.2) is 11.7 Å². The first-order chi connectivity index (χ1) is 17.7. The molecule has 0 amide bonds. The van der Waals surface area contributed by atoms with Crippen LogP contribution in [0.25, 0.3) is 0 Å². The van der Waals surface area contributed by atoms with E-state index in [0.29, 0.717) is 11.7 Å². The SMILES string of the molecule is CCCCCCC1=CC2=NC(c3cccc(C4=NC5C=CC(CCCCCC)=CC5=N4)n3)=NC2C=C1. The van der Waals surface area contributed by atoms with E-state index >= 15 is 0 Å². The fourth-order valence-electron chi connectivity index (χ4n) is 5.01. The lowest BCUT2D eigenvalue weighted by Gasteiger charge is -2.11. The molecule has 186 valence electrons. The van der Waals surface area contributed by atoms with E-state index in [1.807, 2.05) is 18.2 Å². The highest BCUT2D eigenvalue weighted by Gasteiger charge is 2.26. The first kappa shape index (κ1) is 24.5. The van der Waals surface area contributed by atoms with Gasteiger partial charge in [-0.05, 0) is 61.1 Å². The second-order valence-corrected chi connectivity index (χ2v) is 10.1. The lowest BCUT2D eigenvalue weighted by Crippen LogP contribution is -2.13. The van der Waals surface area contributed by atoms with Crippen molar-refractivity contribution in [2.75, 3.05) is 0 Å². The highest BCUT2D eigenvalue weighted by Crippen LogP contribution is 2.24. The lowest BCUT2D eigenvalue weighted by atomic mass is 9.97. The van der Waals surface area contributed by atoms with Gasteiger partial charge in [-0.3, -0.25) is 9.98 Å². The topological polar surface area (TPSA) is 62.3 Å². The Morgan fingerprint density at radius 3 is 1.61 bits per heavy atom. The molecule has 3 heterocycles. The largest absolute Gasteiger partial charge is 0.251 e. The van der Waals surface area contributed by atoms with Crippen molar-refractivity contribution in [3.8, 4) is 0 Å². The zero-order chi connectivity index (χ0) is 24.7. The van der Waals surface area contributed by atoms with Crippen molar-refractivity contribution in [3.63, 3.8) is 0 Å². The van der Waals surface area contributed by atoms with Gasteiger partial charge in [0.1, 0.15) is 23.5 Å². The van der Waals surface area contributed by atoms with Crippen LogP contribution in [-0.2, 0) is 0 Å². The van der Waals surface area contributed by atoms with Gasteiger partial charge in [-0.1, -0.05) is 82.7 Å². The van der Waals surface area contributed by atoms with Gasteiger partial charge in [0.25, 0.3) is 0 Å². The van der Waals surface area contributed by atoms with E-state index < -0.39 is 0 Å². The minimum atomic E-state index is 0.00260. The summed E-state index contributed by atoms with van der Waals surface area (Å²) in [5.41, 5.74) is 6.31. The molecule has 1 aromatic heterocycles. The number of aromatic nitrogens is 1. The van der Waals surface area contributed by atoms with Crippen molar-refractivity contribution in [2.45, 2.75) is 90.1 Å². The smallest absolute Gasteiger partial charge is 0.174 e. The molecule has 0 saturated heterocycles. The predicted octanol–water partition coefficient (Wildman–Crippen LogP) is 7.15. The third-order valence-corrected chi connectivity index (χ3v) is 7.10. The average Bonchev–Trinajstić information content (AvgIpc) is 3.53. The van der Waals surface area contributed by atoms with Crippen molar-refractivity contribution in [1.29, 1.82) is 0 Å². The Labute approximate surface area is 215 Å². The molecule has 36 heavy (non-hydrogen) atoms. The molecule has 2 aliphatic carbocycles. The van der Waals surface area contributed by atoms with Gasteiger partial charge in [0.2, 0.25) is 0 Å². The minimum Gasteiger partial charge on any atom is -0.251 e. The Hall–Kier alpha value is -3.21. The zero-order valence-electron chi connectivity index (χ0n) is 21.7. The van der Waals surface area contributed by atoms with Crippen LogP contribution in [0.15, 0.2) is 85.8 Å². The van der Waals surface area contributed by atoms with Gasteiger partial charge in [0, 0.05) is 0 Å². The number of amidine groups is 2. The summed E-state index contributed by atoms with van der Waals surface area (Å²) in [6.45, 7) is 4.50. The van der Waals surface area contributed by atoms with E-state index in [-0.39, 0.29) is 12.1 Å². The number of pyridine rings is 1. The van der Waals surface area contributed by atoms with Crippen LogP contribution in [-0.4, -0.2) is 40.2 Å². The number of allylic oxidation sites excluding steroid dienone is 4. The molecule has 4 aliphatic rings. The summed E-state index contributed by atoms with van der Waals surface area (Å²) in [5.74, 6) is 1.39. The third kappa shape index (κ3) is 5.77. The number of aliphatic imine (C=N–C) groups is 4. The molecular formula is C31H37N5. The van der Waals surface area contributed by atoms with Crippen molar-refractivity contribution in [1.82, 2.24) is 4.98 Å². The number of rotatable bonds is 12. The second kappa shape index (κ2) is 11.7. The van der Waals surface area contributed by atoms with Gasteiger partial charge in [0.05, 0.1) is 11.4 Å². The van der Waals surface area contributed by atoms with Crippen LogP contribution in [0.4, 0.5) is 0 Å². The number of hydrogen-bond acceptors (Lipinski definition) is 5. The quantitative estimate of drug-likeness (QED) is 0.294. The zero-order valence-corrected chi connectivity index (χ0v) is 21.7. The van der Waals surface area contributed by atoms with Gasteiger partial charge in [-0.2, -0.15) is 0 Å². The van der Waals surface area contributed by atoms with Crippen LogP contribution in [0.2, 0.25) is 0 Å². The molecule has 2 atom stereocenters. The Morgan fingerprint density at radius 2 is 1.14 bits per heavy atom. The van der Waals surface area contributed by atoms with Crippen LogP contribution in [0.3, 0.4) is 0 Å². The van der Waals surface area contributed by atoms with Gasteiger partial charge >= 0.3 is 0 Å². The summed E-state index contributed by atoms with van der Waals surface area (Å²) < 4.78 is 0. The van der Waals surface area contributed by atoms with E-state index in [0.717, 1.165) is 35.7 Å². The molecule has 0 N–H and O–H groups in total. The van der Waals surface area contributed by atoms with Crippen LogP contribution >= 0.6 is 0 Å². The van der Waals surface area contributed by atoms with E-state index in [1.165, 1.54) is 62.5 Å². The number of fused-ring (bicyclic) bond motifs is 2. The van der Waals surface area contributed by atoms with E-state index in [4.69, 9.17) is 25.0 Å². The molecule has 5 heteroatoms. The maximum Gasteiger partial charge on any atom is 0.174 e. The van der Waals surface area contributed by atoms with Crippen molar-refractivity contribution < 1.29 is 0 Å². The van der Waals surface area contributed by atoms with Crippen molar-refractivity contribution >= 4 is 23.1 Å². The molecule has 0 fully saturated rings. The Bertz CT molecular complexity index is 1130. The normalized spacial score (nSPS) is 21.8. The minimum absolute atomic E-state index is 0.00260. The van der Waals surface area contributed by atoms with Gasteiger partial charge < -0.3 is 0 Å². The van der Waals surface area contributed by atoms with Crippen molar-refractivity contribution in [2.24, 2.45) is 20.0 Å². The molecule has 0 saturated carbocycles. The van der Waals surface area contributed by atoms with E-state index in [2.05, 4.69) is 50.3 Å². The second-order valence-electron chi connectivity index (χ2n) is 10.1. The fourth-order valence-corrected chi connectivity index (χ4v) is 5.01. The predicted molar refractivity (Wildman–Crippen MR) is 152 cm³/mol. The highest BCUT2D eigenvalue weighted by atomic mass is 15.1. The van der Waals surface area contributed by atoms with E-state index in [1.54, 1.807) is 0 Å². The summed E-state index contributed by atoms with van der Waals surface area (Å²) in [7, 11) is 0. The summed E-state index contributed by atoms with van der Waals surface area (Å²) in [5, 5.41) is 0. The summed E-state index contributed by atoms with van der Waals surface area (Å²) in [4.78, 5) is 24.2. The number of hydrogen-bond donors (Lipinski definition) is 0. The lowest BCUT2D eigenvalue weighted by molar-refractivity contribution is 0.668. The summed E-state index contributed by atoms with van der Waals surface area (Å²) >= 11 is 0. The van der Waals surface area contributed by atoms with Gasteiger partial charge in [-0.15, -0.1) is 0 Å². The molecule has 0 bridgehead atoms. The Morgan fingerprint density at radius 1 is 0.639 bits per heavy atom. The fraction of sp³-hybridized carbons (Fsp3) is 0.452. The average molecular weight is 480 g/mol. The van der Waals surface area contributed by atoms with Crippen LogP contribution < -0.4 is 0 Å². The maximum atomic E-state index is 4.87. The Kier molecular flexibility index (Phi) is 7.95. The molecule has 0 radical (unpaired) electrons. The molecule has 2 unspecified atom stereocenters. The Balaban J connectivity index is 1.26.